The molecule has 2 N–H and O–H groups in total. The van der Waals surface area contributed by atoms with Crippen LogP contribution in [0.4, 0.5) is 4.79 Å². The Morgan fingerprint density at radius 1 is 1.24 bits per heavy atom. The van der Waals surface area contributed by atoms with Gasteiger partial charge in [0, 0.05) is 12.5 Å². The Labute approximate surface area is 150 Å². The second-order valence-corrected chi connectivity index (χ2v) is 8.03. The first-order valence-corrected chi connectivity index (χ1v) is 9.32. The summed E-state index contributed by atoms with van der Waals surface area (Å²) in [5.41, 5.74) is 0.884. The molecule has 0 radical (unpaired) electrons. The smallest absolute Gasteiger partial charge is 0.407 e. The number of hydrogen-bond donors (Lipinski definition) is 2. The van der Waals surface area contributed by atoms with Crippen LogP contribution >= 0.6 is 0 Å². The van der Waals surface area contributed by atoms with Gasteiger partial charge in [0.2, 0.25) is 0 Å². The molecule has 2 aliphatic rings. The van der Waals surface area contributed by atoms with Crippen LogP contribution in [0.2, 0.25) is 0 Å². The Kier molecular flexibility index (Phi) is 5.64. The summed E-state index contributed by atoms with van der Waals surface area (Å²) in [5.74, 6) is 0.402. The van der Waals surface area contributed by atoms with Gasteiger partial charge in [-0.15, -0.1) is 0 Å². The second kappa shape index (κ2) is 7.75. The number of aryl methyl sites for hydroxylation is 1. The van der Waals surface area contributed by atoms with Crippen molar-refractivity contribution in [2.45, 2.75) is 63.8 Å². The number of carbonyl (C=O) groups is 1. The third kappa shape index (κ3) is 4.73. The van der Waals surface area contributed by atoms with Gasteiger partial charge in [0.05, 0.1) is 18.2 Å². The molecule has 4 atom stereocenters. The molecule has 1 amide bonds. The largest absolute Gasteiger partial charge is 0.444 e. The number of fused-ring (bicyclic) bond motifs is 1. The maximum absolute atomic E-state index is 12.1. The monoisotopic (exact) mass is 346 g/mol. The van der Waals surface area contributed by atoms with E-state index < -0.39 is 5.60 Å². The highest BCUT2D eigenvalue weighted by molar-refractivity contribution is 5.68. The molecule has 3 rings (SSSR count). The van der Waals surface area contributed by atoms with Gasteiger partial charge in [-0.05, 0) is 52.1 Å². The topological polar surface area (TPSA) is 59.6 Å². The lowest BCUT2D eigenvalue weighted by Gasteiger charge is -2.48. The van der Waals surface area contributed by atoms with Crippen molar-refractivity contribution < 1.29 is 14.3 Å². The maximum atomic E-state index is 12.1. The summed E-state index contributed by atoms with van der Waals surface area (Å²) in [6.45, 7) is 7.35. The molecule has 25 heavy (non-hydrogen) atoms. The number of rotatable bonds is 6. The summed E-state index contributed by atoms with van der Waals surface area (Å²) in [6, 6.07) is 10.8. The van der Waals surface area contributed by atoms with E-state index >= 15 is 0 Å². The molecule has 1 aromatic carbocycles. The number of amides is 1. The fourth-order valence-corrected chi connectivity index (χ4v) is 3.80. The molecule has 1 saturated heterocycles. The van der Waals surface area contributed by atoms with Crippen molar-refractivity contribution in [2.75, 3.05) is 13.2 Å². The zero-order chi connectivity index (χ0) is 17.9. The fourth-order valence-electron chi connectivity index (χ4n) is 3.80. The third-order valence-corrected chi connectivity index (χ3v) is 4.93. The lowest BCUT2D eigenvalue weighted by Crippen LogP contribution is -2.70. The van der Waals surface area contributed by atoms with Crippen molar-refractivity contribution in [1.29, 1.82) is 0 Å². The molecule has 1 heterocycles. The van der Waals surface area contributed by atoms with Crippen LogP contribution in [-0.4, -0.2) is 43.0 Å². The minimum absolute atomic E-state index is 0.0964. The van der Waals surface area contributed by atoms with Crippen molar-refractivity contribution in [3.63, 3.8) is 0 Å². The van der Waals surface area contributed by atoms with Crippen LogP contribution in [0.1, 0.15) is 39.2 Å². The van der Waals surface area contributed by atoms with Gasteiger partial charge in [0.1, 0.15) is 5.60 Å². The average molecular weight is 346 g/mol. The highest BCUT2D eigenvalue weighted by atomic mass is 16.6. The van der Waals surface area contributed by atoms with Crippen LogP contribution in [0, 0.1) is 5.92 Å². The molecule has 1 aromatic rings. The van der Waals surface area contributed by atoms with Gasteiger partial charge < -0.3 is 20.1 Å². The van der Waals surface area contributed by atoms with Gasteiger partial charge >= 0.3 is 6.09 Å². The Morgan fingerprint density at radius 3 is 2.72 bits per heavy atom. The molecule has 0 spiro atoms. The Hall–Kier alpha value is -1.59. The minimum Gasteiger partial charge on any atom is -0.444 e. The Balaban J connectivity index is 1.46. The van der Waals surface area contributed by atoms with Crippen LogP contribution < -0.4 is 10.6 Å². The Morgan fingerprint density at radius 2 is 2.00 bits per heavy atom. The number of nitrogens with one attached hydrogen (secondary N) is 2. The normalized spacial score (nSPS) is 28.1. The first-order chi connectivity index (χ1) is 11.9. The summed E-state index contributed by atoms with van der Waals surface area (Å²) in [5, 5.41) is 6.63. The molecule has 1 aliphatic carbocycles. The zero-order valence-electron chi connectivity index (χ0n) is 15.5. The second-order valence-electron chi connectivity index (χ2n) is 8.03. The van der Waals surface area contributed by atoms with Crippen molar-refractivity contribution in [3.05, 3.63) is 35.9 Å². The quantitative estimate of drug-likeness (QED) is 0.778. The molecular formula is C20H30N2O3. The summed E-state index contributed by atoms with van der Waals surface area (Å²) in [7, 11) is 0. The molecule has 0 bridgehead atoms. The molecule has 0 aromatic heterocycles. The number of alkyl carbamates (subject to hydrolysis) is 1. The molecular weight excluding hydrogens is 316 g/mol. The van der Waals surface area contributed by atoms with Crippen molar-refractivity contribution in [2.24, 2.45) is 5.92 Å². The highest BCUT2D eigenvalue weighted by Gasteiger charge is 2.54. The van der Waals surface area contributed by atoms with Crippen molar-refractivity contribution in [1.82, 2.24) is 10.6 Å². The van der Waals surface area contributed by atoms with Crippen LogP contribution in [0.15, 0.2) is 30.3 Å². The number of benzene rings is 1. The summed E-state index contributed by atoms with van der Waals surface area (Å²) >= 11 is 0. The van der Waals surface area contributed by atoms with Crippen LogP contribution in [-0.2, 0) is 15.9 Å². The van der Waals surface area contributed by atoms with Gasteiger partial charge in [-0.3, -0.25) is 0 Å². The lowest BCUT2D eigenvalue weighted by molar-refractivity contribution is -0.0336. The van der Waals surface area contributed by atoms with Crippen LogP contribution in [0.5, 0.6) is 0 Å². The van der Waals surface area contributed by atoms with Crippen LogP contribution in [0.25, 0.3) is 0 Å². The highest BCUT2D eigenvalue weighted by Crippen LogP contribution is 2.39. The first kappa shape index (κ1) is 18.2. The molecule has 2 fully saturated rings. The van der Waals surface area contributed by atoms with Gasteiger partial charge in [-0.25, -0.2) is 4.79 Å². The Bertz CT molecular complexity index is 570. The molecule has 138 valence electrons. The van der Waals surface area contributed by atoms with E-state index in [0.717, 1.165) is 32.4 Å². The molecule has 5 heteroatoms. The number of hydrogen-bond acceptors (Lipinski definition) is 4. The SMILES string of the molecule is CC(C)(C)OC(=O)NC1C2CCOC2C1NCCCc1ccccc1. The average Bonchev–Trinajstić information content (AvgIpc) is 2.96. The maximum Gasteiger partial charge on any atom is 0.407 e. The van der Waals surface area contributed by atoms with E-state index in [4.69, 9.17) is 9.47 Å². The molecule has 1 saturated carbocycles. The van der Waals surface area contributed by atoms with Crippen molar-refractivity contribution >= 4 is 6.09 Å². The fraction of sp³-hybridized carbons (Fsp3) is 0.650. The van der Waals surface area contributed by atoms with Crippen LogP contribution in [0.3, 0.4) is 0 Å². The summed E-state index contributed by atoms with van der Waals surface area (Å²) in [6.07, 6.45) is 3.01. The van der Waals surface area contributed by atoms with E-state index in [2.05, 4.69) is 34.9 Å². The van der Waals surface area contributed by atoms with Gasteiger partial charge in [0.15, 0.2) is 0 Å². The van der Waals surface area contributed by atoms with E-state index in [0.29, 0.717) is 5.92 Å². The van der Waals surface area contributed by atoms with E-state index in [-0.39, 0.29) is 24.3 Å². The summed E-state index contributed by atoms with van der Waals surface area (Å²) in [4.78, 5) is 12.1. The van der Waals surface area contributed by atoms with E-state index in [1.54, 1.807) is 0 Å². The number of carbonyl (C=O) groups excluding carboxylic acids is 1. The first-order valence-electron chi connectivity index (χ1n) is 9.32. The van der Waals surface area contributed by atoms with Gasteiger partial charge in [-0.2, -0.15) is 0 Å². The van der Waals surface area contributed by atoms with Gasteiger partial charge in [-0.1, -0.05) is 30.3 Å². The van der Waals surface area contributed by atoms with E-state index in [1.807, 2.05) is 26.8 Å². The standard InChI is InChI=1S/C20H30N2O3/c1-20(2,3)25-19(23)22-16-15-11-13-24-18(15)17(16)21-12-7-10-14-8-5-4-6-9-14/h4-6,8-9,15-18,21H,7,10-13H2,1-3H3,(H,22,23). The third-order valence-electron chi connectivity index (χ3n) is 4.93. The predicted molar refractivity (Wildman–Crippen MR) is 97.6 cm³/mol. The summed E-state index contributed by atoms with van der Waals surface area (Å²) < 4.78 is 11.2. The zero-order valence-corrected chi connectivity index (χ0v) is 15.5. The molecule has 4 unspecified atom stereocenters. The van der Waals surface area contributed by atoms with E-state index in [9.17, 15) is 4.79 Å². The minimum atomic E-state index is -0.474. The molecule has 1 aliphatic heterocycles. The van der Waals surface area contributed by atoms with Gasteiger partial charge in [0.25, 0.3) is 0 Å². The predicted octanol–water partition coefficient (Wildman–Crippen LogP) is 2.89. The van der Waals surface area contributed by atoms with E-state index in [1.165, 1.54) is 5.56 Å². The lowest BCUT2D eigenvalue weighted by atomic mass is 9.71. The van der Waals surface area contributed by atoms with Crippen molar-refractivity contribution in [3.8, 4) is 0 Å². The number of ether oxygens (including phenoxy) is 2. The molecule has 5 nitrogen and oxygen atoms in total.